The van der Waals surface area contributed by atoms with Gasteiger partial charge in [0.2, 0.25) is 0 Å². The average Bonchev–Trinajstić information content (AvgIpc) is 2.50. The molecule has 0 heterocycles. The zero-order valence-corrected chi connectivity index (χ0v) is 14.3. The van der Waals surface area contributed by atoms with Crippen molar-refractivity contribution in [1.29, 1.82) is 0 Å². The molecule has 2 nitrogen and oxygen atoms in total. The van der Waals surface area contributed by atoms with Gasteiger partial charge in [-0.3, -0.25) is 0 Å². The van der Waals surface area contributed by atoms with E-state index >= 15 is 0 Å². The first-order chi connectivity index (χ1) is 10.2. The van der Waals surface area contributed by atoms with Gasteiger partial charge >= 0.3 is 0 Å². The lowest BCUT2D eigenvalue weighted by Crippen LogP contribution is -1.95. The van der Waals surface area contributed by atoms with E-state index in [-0.39, 0.29) is 0 Å². The molecule has 0 aliphatic rings. The Morgan fingerprint density at radius 2 is 1.38 bits per heavy atom. The first-order valence-corrected chi connectivity index (χ1v) is 8.53. The fraction of sp³-hybridized carbons (Fsp3) is 0.684. The number of rotatable bonds is 14. The van der Waals surface area contributed by atoms with Gasteiger partial charge in [-0.05, 0) is 38.0 Å². The SMILES string of the molecule is C=C(/C=C/C(=C\C)OCCCCCC)OCCCCCC. The molecule has 0 saturated heterocycles. The highest BCUT2D eigenvalue weighted by Gasteiger charge is 1.95. The quantitative estimate of drug-likeness (QED) is 0.217. The van der Waals surface area contributed by atoms with Gasteiger partial charge in [-0.15, -0.1) is 0 Å². The van der Waals surface area contributed by atoms with Crippen LogP contribution in [0.25, 0.3) is 0 Å². The lowest BCUT2D eigenvalue weighted by Gasteiger charge is -2.08. The number of ether oxygens (including phenoxy) is 2. The Morgan fingerprint density at radius 1 is 0.810 bits per heavy atom. The summed E-state index contributed by atoms with van der Waals surface area (Å²) in [5.41, 5.74) is 0. The average molecular weight is 294 g/mol. The van der Waals surface area contributed by atoms with E-state index in [2.05, 4.69) is 20.4 Å². The van der Waals surface area contributed by atoms with Crippen LogP contribution >= 0.6 is 0 Å². The Morgan fingerprint density at radius 3 is 1.90 bits per heavy atom. The molecule has 21 heavy (non-hydrogen) atoms. The third kappa shape index (κ3) is 13.6. The van der Waals surface area contributed by atoms with E-state index in [4.69, 9.17) is 9.47 Å². The maximum absolute atomic E-state index is 5.72. The fourth-order valence-corrected chi connectivity index (χ4v) is 1.90. The van der Waals surface area contributed by atoms with Crippen molar-refractivity contribution in [1.82, 2.24) is 0 Å². The second-order valence-electron chi connectivity index (χ2n) is 5.31. The molecule has 122 valence electrons. The van der Waals surface area contributed by atoms with E-state index in [1.807, 2.05) is 25.2 Å². The van der Waals surface area contributed by atoms with Gasteiger partial charge in [-0.25, -0.2) is 0 Å². The van der Waals surface area contributed by atoms with Crippen LogP contribution in [0.15, 0.2) is 36.3 Å². The van der Waals surface area contributed by atoms with Crippen LogP contribution in [0.4, 0.5) is 0 Å². The zero-order chi connectivity index (χ0) is 15.8. The molecule has 0 aromatic heterocycles. The summed E-state index contributed by atoms with van der Waals surface area (Å²) in [5.74, 6) is 1.60. The van der Waals surface area contributed by atoms with E-state index in [1.54, 1.807) is 0 Å². The Hall–Kier alpha value is -1.18. The van der Waals surface area contributed by atoms with Gasteiger partial charge < -0.3 is 9.47 Å². The van der Waals surface area contributed by atoms with E-state index in [1.165, 1.54) is 38.5 Å². The molecule has 0 atom stereocenters. The molecule has 0 unspecified atom stereocenters. The van der Waals surface area contributed by atoms with Gasteiger partial charge in [0.1, 0.15) is 11.5 Å². The van der Waals surface area contributed by atoms with Crippen molar-refractivity contribution < 1.29 is 9.47 Å². The molecule has 0 N–H and O–H groups in total. The molecule has 0 rings (SSSR count). The van der Waals surface area contributed by atoms with Gasteiger partial charge in [0, 0.05) is 0 Å². The fourth-order valence-electron chi connectivity index (χ4n) is 1.90. The van der Waals surface area contributed by atoms with Crippen LogP contribution in [0.3, 0.4) is 0 Å². The van der Waals surface area contributed by atoms with Crippen molar-refractivity contribution >= 4 is 0 Å². The highest BCUT2D eigenvalue weighted by Crippen LogP contribution is 2.07. The van der Waals surface area contributed by atoms with Crippen molar-refractivity contribution in [2.75, 3.05) is 13.2 Å². The Labute approximate surface area is 131 Å². The largest absolute Gasteiger partial charge is 0.494 e. The summed E-state index contributed by atoms with van der Waals surface area (Å²) in [4.78, 5) is 0. The monoisotopic (exact) mass is 294 g/mol. The lowest BCUT2D eigenvalue weighted by molar-refractivity contribution is 0.211. The minimum Gasteiger partial charge on any atom is -0.494 e. The summed E-state index contributed by atoms with van der Waals surface area (Å²) in [7, 11) is 0. The van der Waals surface area contributed by atoms with Crippen LogP contribution in [0.5, 0.6) is 0 Å². The van der Waals surface area contributed by atoms with Crippen LogP contribution in [0.1, 0.15) is 72.1 Å². The summed E-state index contributed by atoms with van der Waals surface area (Å²) in [6.07, 6.45) is 15.6. The molecule has 0 bridgehead atoms. The molecular formula is C19H34O2. The Kier molecular flexibility index (Phi) is 14.4. The van der Waals surface area contributed by atoms with Gasteiger partial charge in [0.15, 0.2) is 0 Å². The van der Waals surface area contributed by atoms with Crippen LogP contribution in [0.2, 0.25) is 0 Å². The van der Waals surface area contributed by atoms with Crippen LogP contribution in [0, 0.1) is 0 Å². The molecule has 0 fully saturated rings. The van der Waals surface area contributed by atoms with Crippen molar-refractivity contribution in [3.63, 3.8) is 0 Å². The molecular weight excluding hydrogens is 260 g/mol. The summed E-state index contributed by atoms with van der Waals surface area (Å²) < 4.78 is 11.3. The predicted molar refractivity (Wildman–Crippen MR) is 92.2 cm³/mol. The molecule has 0 aliphatic carbocycles. The van der Waals surface area contributed by atoms with Crippen molar-refractivity contribution in [2.24, 2.45) is 0 Å². The number of hydrogen-bond donors (Lipinski definition) is 0. The minimum atomic E-state index is 0.709. The van der Waals surface area contributed by atoms with Crippen molar-refractivity contribution in [3.05, 3.63) is 36.3 Å². The second kappa shape index (κ2) is 15.2. The highest BCUT2D eigenvalue weighted by atomic mass is 16.5. The normalized spacial score (nSPS) is 11.9. The maximum atomic E-state index is 5.72. The lowest BCUT2D eigenvalue weighted by atomic mass is 10.2. The van der Waals surface area contributed by atoms with E-state index < -0.39 is 0 Å². The smallest absolute Gasteiger partial charge is 0.115 e. The number of allylic oxidation sites excluding steroid dienone is 3. The van der Waals surface area contributed by atoms with Crippen LogP contribution in [-0.4, -0.2) is 13.2 Å². The highest BCUT2D eigenvalue weighted by molar-refractivity contribution is 5.19. The topological polar surface area (TPSA) is 18.5 Å². The van der Waals surface area contributed by atoms with Crippen LogP contribution in [-0.2, 0) is 9.47 Å². The first kappa shape index (κ1) is 19.8. The van der Waals surface area contributed by atoms with Gasteiger partial charge in [-0.1, -0.05) is 59.0 Å². The molecule has 0 aliphatic heterocycles. The minimum absolute atomic E-state index is 0.709. The maximum Gasteiger partial charge on any atom is 0.115 e. The summed E-state index contributed by atoms with van der Waals surface area (Å²) >= 11 is 0. The molecule has 2 heteroatoms. The molecule has 0 spiro atoms. The van der Waals surface area contributed by atoms with E-state index in [0.29, 0.717) is 5.76 Å². The second-order valence-corrected chi connectivity index (χ2v) is 5.31. The third-order valence-electron chi connectivity index (χ3n) is 3.27. The molecule has 0 radical (unpaired) electrons. The Bertz CT molecular complexity index is 303. The van der Waals surface area contributed by atoms with Gasteiger partial charge in [-0.2, -0.15) is 0 Å². The van der Waals surface area contributed by atoms with Crippen molar-refractivity contribution in [3.8, 4) is 0 Å². The van der Waals surface area contributed by atoms with E-state index in [9.17, 15) is 0 Å². The van der Waals surface area contributed by atoms with Gasteiger partial charge in [0.25, 0.3) is 0 Å². The van der Waals surface area contributed by atoms with Crippen molar-refractivity contribution in [2.45, 2.75) is 72.1 Å². The third-order valence-corrected chi connectivity index (χ3v) is 3.27. The molecule has 0 aromatic carbocycles. The summed E-state index contributed by atoms with van der Waals surface area (Å²) in [5, 5.41) is 0. The number of hydrogen-bond acceptors (Lipinski definition) is 2. The standard InChI is InChI=1S/C19H34O2/c1-5-8-10-12-16-20-18(4)14-15-19(7-3)21-17-13-11-9-6-2/h7,14-15H,4-6,8-13,16-17H2,1-3H3/b15-14+,19-7+. The zero-order valence-electron chi connectivity index (χ0n) is 14.3. The summed E-state index contributed by atoms with van der Waals surface area (Å²) in [6, 6.07) is 0. The molecule has 0 saturated carbocycles. The molecule has 0 aromatic rings. The Balaban J connectivity index is 3.77. The predicted octanol–water partition coefficient (Wildman–Crippen LogP) is 6.15. The first-order valence-electron chi connectivity index (χ1n) is 8.53. The summed E-state index contributed by atoms with van der Waals surface area (Å²) in [6.45, 7) is 11.9. The van der Waals surface area contributed by atoms with Crippen LogP contribution < -0.4 is 0 Å². The van der Waals surface area contributed by atoms with Gasteiger partial charge in [0.05, 0.1) is 13.2 Å². The molecule has 0 amide bonds. The van der Waals surface area contributed by atoms with E-state index in [0.717, 1.165) is 31.8 Å². The number of unbranched alkanes of at least 4 members (excludes halogenated alkanes) is 6.